The van der Waals surface area contributed by atoms with Crippen molar-refractivity contribution >= 4 is 11.8 Å². The van der Waals surface area contributed by atoms with Gasteiger partial charge in [0.25, 0.3) is 5.91 Å². The zero-order valence-electron chi connectivity index (χ0n) is 29.0. The molecule has 1 aliphatic heterocycles. The lowest BCUT2D eigenvalue weighted by Crippen LogP contribution is -2.50. The number of aliphatic hydroxyl groups excluding tert-OH is 1. The van der Waals surface area contributed by atoms with E-state index in [2.05, 4.69) is 25.4 Å². The summed E-state index contributed by atoms with van der Waals surface area (Å²) < 4.78 is 23.4. The van der Waals surface area contributed by atoms with Crippen LogP contribution in [0.2, 0.25) is 0 Å². The molecule has 4 aromatic rings. The number of aliphatic imine (C=N–C) groups is 1. The second-order valence-corrected chi connectivity index (χ2v) is 11.9. The average molecular weight is 705 g/mol. The van der Waals surface area contributed by atoms with Crippen molar-refractivity contribution in [3.05, 3.63) is 145 Å². The summed E-state index contributed by atoms with van der Waals surface area (Å²) in [6.45, 7) is 0.726. The SMILES string of the molecule is COc1ccc(OC)c(CCNC(=O)[C@]2(Cc3ccccc3CN=[N+]=[N-])N=C(c3ccc(OCCCO)cc3)O[C@@H]2c2ccccc2CN=[N+]=[N-])c1. The Kier molecular flexibility index (Phi) is 12.9. The molecule has 4 aromatic carbocycles. The Hall–Kier alpha value is -6.20. The minimum Gasteiger partial charge on any atom is -0.497 e. The van der Waals surface area contributed by atoms with Crippen LogP contribution in [-0.2, 0) is 35.5 Å². The maximum atomic E-state index is 14.9. The summed E-state index contributed by atoms with van der Waals surface area (Å²) in [5.74, 6) is 1.78. The first-order valence-corrected chi connectivity index (χ1v) is 16.7. The minimum atomic E-state index is -1.57. The lowest BCUT2D eigenvalue weighted by molar-refractivity contribution is -0.128. The van der Waals surface area contributed by atoms with E-state index in [1.807, 2.05) is 66.7 Å². The molecule has 0 aliphatic carbocycles. The molecule has 0 saturated heterocycles. The highest BCUT2D eigenvalue weighted by Gasteiger charge is 2.54. The van der Waals surface area contributed by atoms with Gasteiger partial charge >= 0.3 is 0 Å². The molecule has 0 aromatic heterocycles. The Morgan fingerprint density at radius 2 is 1.56 bits per heavy atom. The number of nitrogens with one attached hydrogen (secondary N) is 1. The monoisotopic (exact) mass is 704 g/mol. The van der Waals surface area contributed by atoms with E-state index in [9.17, 15) is 10.3 Å². The summed E-state index contributed by atoms with van der Waals surface area (Å²) in [5, 5.41) is 19.9. The van der Waals surface area contributed by atoms with Crippen LogP contribution in [0.25, 0.3) is 20.9 Å². The highest BCUT2D eigenvalue weighted by Crippen LogP contribution is 2.44. The van der Waals surface area contributed by atoms with E-state index in [1.54, 1.807) is 38.5 Å². The first-order chi connectivity index (χ1) is 25.5. The van der Waals surface area contributed by atoms with Gasteiger partial charge < -0.3 is 29.4 Å². The van der Waals surface area contributed by atoms with Crippen LogP contribution in [0.1, 0.15) is 45.9 Å². The van der Waals surface area contributed by atoms with Crippen LogP contribution in [0.15, 0.2) is 106 Å². The number of aliphatic hydroxyl groups is 1. The Bertz CT molecular complexity index is 1970. The fourth-order valence-corrected chi connectivity index (χ4v) is 6.12. The first kappa shape index (κ1) is 37.1. The molecular weight excluding hydrogens is 664 g/mol. The Morgan fingerprint density at radius 3 is 2.25 bits per heavy atom. The van der Waals surface area contributed by atoms with Crippen LogP contribution in [-0.4, -0.2) is 56.4 Å². The van der Waals surface area contributed by atoms with Crippen molar-refractivity contribution in [2.45, 2.75) is 44.0 Å². The zero-order valence-corrected chi connectivity index (χ0v) is 29.0. The Balaban J connectivity index is 1.61. The number of hydrogen-bond donors (Lipinski definition) is 2. The molecule has 0 unspecified atom stereocenters. The number of nitrogens with zero attached hydrogens (tertiary/aromatic N) is 7. The summed E-state index contributed by atoms with van der Waals surface area (Å²) in [7, 11) is 3.18. The van der Waals surface area contributed by atoms with Gasteiger partial charge in [0.1, 0.15) is 17.2 Å². The van der Waals surface area contributed by atoms with Crippen LogP contribution in [0.3, 0.4) is 0 Å². The predicted octanol–water partition coefficient (Wildman–Crippen LogP) is 6.94. The highest BCUT2D eigenvalue weighted by molar-refractivity contribution is 6.01. The molecule has 5 rings (SSSR count). The summed E-state index contributed by atoms with van der Waals surface area (Å²) in [4.78, 5) is 25.9. The molecule has 2 atom stereocenters. The molecule has 268 valence electrons. The average Bonchev–Trinajstić information content (AvgIpc) is 3.57. The van der Waals surface area contributed by atoms with Gasteiger partial charge in [-0.05, 0) is 87.8 Å². The topological polar surface area (TPSA) is 196 Å². The van der Waals surface area contributed by atoms with Gasteiger partial charge in [-0.1, -0.05) is 58.8 Å². The van der Waals surface area contributed by atoms with Gasteiger partial charge in [0, 0.05) is 41.4 Å². The lowest BCUT2D eigenvalue weighted by Gasteiger charge is -2.32. The van der Waals surface area contributed by atoms with Crippen LogP contribution in [0, 0.1) is 0 Å². The fourth-order valence-electron chi connectivity index (χ4n) is 6.12. The van der Waals surface area contributed by atoms with Crippen molar-refractivity contribution in [3.63, 3.8) is 0 Å². The van der Waals surface area contributed by atoms with E-state index >= 15 is 0 Å². The molecule has 14 nitrogen and oxygen atoms in total. The third kappa shape index (κ3) is 8.74. The van der Waals surface area contributed by atoms with E-state index in [-0.39, 0.29) is 38.6 Å². The molecule has 0 spiro atoms. The number of azide groups is 2. The van der Waals surface area contributed by atoms with E-state index in [0.29, 0.717) is 53.4 Å². The molecule has 52 heavy (non-hydrogen) atoms. The molecule has 1 heterocycles. The summed E-state index contributed by atoms with van der Waals surface area (Å²) >= 11 is 0. The summed E-state index contributed by atoms with van der Waals surface area (Å²) in [5.41, 5.74) is 21.0. The molecule has 0 saturated carbocycles. The van der Waals surface area contributed by atoms with Gasteiger partial charge in [0.05, 0.1) is 33.9 Å². The first-order valence-electron chi connectivity index (χ1n) is 16.7. The number of carbonyl (C=O) groups is 1. The van der Waals surface area contributed by atoms with Crippen LogP contribution < -0.4 is 19.5 Å². The van der Waals surface area contributed by atoms with Gasteiger partial charge in [0.2, 0.25) is 5.90 Å². The Morgan fingerprint density at radius 1 is 0.885 bits per heavy atom. The van der Waals surface area contributed by atoms with E-state index in [1.165, 1.54) is 0 Å². The number of methoxy groups -OCH3 is 2. The van der Waals surface area contributed by atoms with Crippen molar-refractivity contribution in [3.8, 4) is 17.2 Å². The van der Waals surface area contributed by atoms with Crippen molar-refractivity contribution < 1.29 is 28.8 Å². The normalized spacial score (nSPS) is 16.1. The Labute approximate surface area is 301 Å². The summed E-state index contributed by atoms with van der Waals surface area (Å²) in [6, 6.07) is 27.4. The van der Waals surface area contributed by atoms with Crippen molar-refractivity contribution in [2.24, 2.45) is 15.2 Å². The summed E-state index contributed by atoms with van der Waals surface area (Å²) in [6.07, 6.45) is 0.0676. The van der Waals surface area contributed by atoms with Gasteiger partial charge in [-0.2, -0.15) is 0 Å². The van der Waals surface area contributed by atoms with Gasteiger partial charge in [-0.15, -0.1) is 0 Å². The molecule has 0 bridgehead atoms. The highest BCUT2D eigenvalue weighted by atomic mass is 16.5. The maximum Gasteiger partial charge on any atom is 0.252 e. The van der Waals surface area contributed by atoms with Crippen LogP contribution in [0.5, 0.6) is 17.2 Å². The van der Waals surface area contributed by atoms with Crippen molar-refractivity contribution in [1.29, 1.82) is 0 Å². The number of hydrogen-bond acceptors (Lipinski definition) is 9. The quantitative estimate of drug-likeness (QED) is 0.0487. The minimum absolute atomic E-state index is 0.0223. The van der Waals surface area contributed by atoms with Gasteiger partial charge in [-0.25, -0.2) is 4.99 Å². The third-order valence-electron chi connectivity index (χ3n) is 8.72. The zero-order chi connectivity index (χ0) is 36.8. The second kappa shape index (κ2) is 18.2. The van der Waals surface area contributed by atoms with Crippen molar-refractivity contribution in [1.82, 2.24) is 5.32 Å². The molecule has 0 radical (unpaired) electrons. The second-order valence-electron chi connectivity index (χ2n) is 11.9. The van der Waals surface area contributed by atoms with E-state index < -0.39 is 17.6 Å². The predicted molar refractivity (Wildman–Crippen MR) is 195 cm³/mol. The maximum absolute atomic E-state index is 14.9. The standard InChI is InChI=1S/C38H40N8O6/c1-49-32-16-17-34(50-2)27(22-32)18-19-41-37(48)38(23-28-8-3-4-9-29(28)24-42-45-39)35(33-11-6-5-10-30(33)25-43-46-40)52-36(44-38)26-12-14-31(15-13-26)51-21-7-20-47/h3-6,8-17,22,35,47H,7,18-21,23-25H2,1-2H3,(H,41,48)/t35-,38-/m1/s1. The van der Waals surface area contributed by atoms with E-state index in [0.717, 1.165) is 16.7 Å². The number of benzene rings is 4. The molecule has 0 fully saturated rings. The number of ether oxygens (including phenoxy) is 4. The molecular formula is C38H40N8O6. The van der Waals surface area contributed by atoms with E-state index in [4.69, 9.17) is 34.6 Å². The van der Waals surface area contributed by atoms with Crippen LogP contribution >= 0.6 is 0 Å². The molecule has 2 N–H and O–H groups in total. The van der Waals surface area contributed by atoms with Crippen LogP contribution in [0.4, 0.5) is 0 Å². The van der Waals surface area contributed by atoms with Gasteiger partial charge in [0.15, 0.2) is 11.6 Å². The lowest BCUT2D eigenvalue weighted by atomic mass is 9.79. The third-order valence-corrected chi connectivity index (χ3v) is 8.72. The fraction of sp³-hybridized carbons (Fsp3) is 0.316. The number of amides is 1. The molecule has 14 heteroatoms. The number of rotatable bonds is 18. The largest absolute Gasteiger partial charge is 0.497 e. The van der Waals surface area contributed by atoms with Gasteiger partial charge in [-0.3, -0.25) is 4.79 Å². The van der Waals surface area contributed by atoms with Crippen molar-refractivity contribution in [2.75, 3.05) is 34.0 Å². The smallest absolute Gasteiger partial charge is 0.252 e. The number of carbonyl (C=O) groups excluding carboxylic acids is 1. The molecule has 1 amide bonds. The molecule has 1 aliphatic rings.